The molecule has 24 heavy (non-hydrogen) atoms. The number of nitrogens with one attached hydrogen (secondary N) is 1. The smallest absolute Gasteiger partial charge is 0.294 e. The number of carbonyl (C=O) groups is 1. The van der Waals surface area contributed by atoms with Crippen LogP contribution in [-0.4, -0.2) is 18.2 Å². The predicted molar refractivity (Wildman–Crippen MR) is 88.7 cm³/mol. The molecule has 122 valence electrons. The largest absolute Gasteiger partial charge is 0.493 e. The van der Waals surface area contributed by atoms with Gasteiger partial charge in [0.15, 0.2) is 11.5 Å². The van der Waals surface area contributed by atoms with Crippen LogP contribution in [0.25, 0.3) is 0 Å². The van der Waals surface area contributed by atoms with Crippen LogP contribution in [0, 0.1) is 6.92 Å². The van der Waals surface area contributed by atoms with Crippen LogP contribution in [0.15, 0.2) is 59.1 Å². The number of nitrogens with zero attached hydrogens (tertiary/aromatic N) is 1. The summed E-state index contributed by atoms with van der Waals surface area (Å²) in [5, 5.41) is 6.42. The van der Waals surface area contributed by atoms with Gasteiger partial charge in [-0.3, -0.25) is 4.79 Å². The molecule has 0 spiro atoms. The molecule has 3 aromatic rings. The maximum Gasteiger partial charge on any atom is 0.294 e. The number of para-hydroxylation sites is 2. The Labute approximate surface area is 139 Å². The summed E-state index contributed by atoms with van der Waals surface area (Å²) in [5.41, 5.74) is 1.28. The highest BCUT2D eigenvalue weighted by molar-refractivity contribution is 6.02. The Kier molecular flexibility index (Phi) is 4.47. The normalized spacial score (nSPS) is 10.2. The highest BCUT2D eigenvalue weighted by Gasteiger charge is 2.12. The minimum Gasteiger partial charge on any atom is -0.493 e. The van der Waals surface area contributed by atoms with E-state index in [0.29, 0.717) is 28.6 Å². The number of anilines is 1. The first-order valence-electron chi connectivity index (χ1n) is 7.31. The molecule has 0 aliphatic rings. The molecule has 2 aromatic carbocycles. The summed E-state index contributed by atoms with van der Waals surface area (Å²) in [4.78, 5) is 12.0. The number of rotatable bonds is 5. The van der Waals surface area contributed by atoms with E-state index >= 15 is 0 Å². The molecule has 3 rings (SSSR count). The molecule has 0 fully saturated rings. The van der Waals surface area contributed by atoms with Crippen molar-refractivity contribution in [3.8, 4) is 17.2 Å². The van der Waals surface area contributed by atoms with Crippen LogP contribution in [0.3, 0.4) is 0 Å². The van der Waals surface area contributed by atoms with Gasteiger partial charge < -0.3 is 19.3 Å². The molecule has 1 N–H and O–H groups in total. The lowest BCUT2D eigenvalue weighted by Crippen LogP contribution is -2.10. The Morgan fingerprint density at radius 1 is 1.08 bits per heavy atom. The highest BCUT2D eigenvalue weighted by Crippen LogP contribution is 2.31. The fourth-order valence-electron chi connectivity index (χ4n) is 2.10. The topological polar surface area (TPSA) is 73.6 Å². The predicted octanol–water partition coefficient (Wildman–Crippen LogP) is 4.04. The second-order valence-corrected chi connectivity index (χ2v) is 5.06. The van der Waals surface area contributed by atoms with Crippen molar-refractivity contribution in [1.82, 2.24) is 5.16 Å². The number of ether oxygens (including phenoxy) is 2. The van der Waals surface area contributed by atoms with Crippen LogP contribution >= 0.6 is 0 Å². The number of hydrogen-bond donors (Lipinski definition) is 1. The van der Waals surface area contributed by atoms with Crippen LogP contribution in [0.1, 0.15) is 16.2 Å². The van der Waals surface area contributed by atoms with Gasteiger partial charge in [-0.2, -0.15) is 0 Å². The molecule has 1 aromatic heterocycles. The van der Waals surface area contributed by atoms with Crippen LogP contribution in [0.2, 0.25) is 0 Å². The van der Waals surface area contributed by atoms with Crippen molar-refractivity contribution in [2.45, 2.75) is 6.92 Å². The first kappa shape index (κ1) is 15.6. The Morgan fingerprint density at radius 2 is 1.79 bits per heavy atom. The number of aryl methyl sites for hydroxylation is 1. The molecular formula is C18H16N2O4. The number of methoxy groups -OCH3 is 1. The third kappa shape index (κ3) is 3.55. The third-order valence-electron chi connectivity index (χ3n) is 3.26. The standard InChI is InChI=1S/C18H16N2O4/c1-12-11-17(24-20-12)18(21)19-13-7-9-14(10-8-13)23-16-6-4-3-5-15(16)22-2/h3-11H,1-2H3,(H,19,21). The van der Waals surface area contributed by atoms with Gasteiger partial charge in [-0.05, 0) is 43.3 Å². The lowest BCUT2D eigenvalue weighted by atomic mass is 10.2. The van der Waals surface area contributed by atoms with Gasteiger partial charge in [0.05, 0.1) is 12.8 Å². The third-order valence-corrected chi connectivity index (χ3v) is 3.26. The van der Waals surface area contributed by atoms with E-state index in [0.717, 1.165) is 0 Å². The lowest BCUT2D eigenvalue weighted by molar-refractivity contribution is 0.0988. The second kappa shape index (κ2) is 6.87. The Hall–Kier alpha value is -3.28. The van der Waals surface area contributed by atoms with Gasteiger partial charge in [0.25, 0.3) is 5.91 Å². The number of benzene rings is 2. The molecule has 0 atom stereocenters. The van der Waals surface area contributed by atoms with Crippen molar-refractivity contribution in [2.75, 3.05) is 12.4 Å². The van der Waals surface area contributed by atoms with E-state index in [1.807, 2.05) is 24.3 Å². The molecule has 0 aliphatic heterocycles. The molecule has 6 heteroatoms. The molecule has 1 amide bonds. The van der Waals surface area contributed by atoms with E-state index in [-0.39, 0.29) is 11.7 Å². The molecule has 0 saturated heterocycles. The average Bonchev–Trinajstić information content (AvgIpc) is 3.04. The van der Waals surface area contributed by atoms with Gasteiger partial charge in [0.2, 0.25) is 5.76 Å². The lowest BCUT2D eigenvalue weighted by Gasteiger charge is -2.10. The van der Waals surface area contributed by atoms with Crippen LogP contribution < -0.4 is 14.8 Å². The van der Waals surface area contributed by atoms with Crippen molar-refractivity contribution >= 4 is 11.6 Å². The Bertz CT molecular complexity index is 840. The van der Waals surface area contributed by atoms with Crippen molar-refractivity contribution in [3.63, 3.8) is 0 Å². The fourth-order valence-corrected chi connectivity index (χ4v) is 2.10. The molecule has 6 nitrogen and oxygen atoms in total. The molecule has 0 aliphatic carbocycles. The number of amides is 1. The summed E-state index contributed by atoms with van der Waals surface area (Å²) in [6.07, 6.45) is 0. The summed E-state index contributed by atoms with van der Waals surface area (Å²) in [7, 11) is 1.59. The molecular weight excluding hydrogens is 308 g/mol. The molecule has 0 saturated carbocycles. The van der Waals surface area contributed by atoms with Crippen LogP contribution in [-0.2, 0) is 0 Å². The second-order valence-electron chi connectivity index (χ2n) is 5.06. The van der Waals surface area contributed by atoms with Gasteiger partial charge in [-0.15, -0.1) is 0 Å². The summed E-state index contributed by atoms with van der Waals surface area (Å²) in [6.45, 7) is 1.75. The van der Waals surface area contributed by atoms with Gasteiger partial charge in [0.1, 0.15) is 5.75 Å². The number of carbonyl (C=O) groups excluding carboxylic acids is 1. The van der Waals surface area contributed by atoms with E-state index < -0.39 is 0 Å². The molecule has 0 unspecified atom stereocenters. The maximum atomic E-state index is 12.0. The van der Waals surface area contributed by atoms with Crippen LogP contribution in [0.5, 0.6) is 17.2 Å². The first-order valence-corrected chi connectivity index (χ1v) is 7.31. The summed E-state index contributed by atoms with van der Waals surface area (Å²) in [5.74, 6) is 1.72. The monoisotopic (exact) mass is 324 g/mol. The van der Waals surface area contributed by atoms with Gasteiger partial charge in [0, 0.05) is 11.8 Å². The minimum atomic E-state index is -0.353. The molecule has 0 radical (unpaired) electrons. The SMILES string of the molecule is COc1ccccc1Oc1ccc(NC(=O)c2cc(C)no2)cc1. The number of hydrogen-bond acceptors (Lipinski definition) is 5. The van der Waals surface area contributed by atoms with Crippen molar-refractivity contribution in [1.29, 1.82) is 0 Å². The van der Waals surface area contributed by atoms with Crippen molar-refractivity contribution < 1.29 is 18.8 Å². The summed E-state index contributed by atoms with van der Waals surface area (Å²) < 4.78 is 16.0. The number of aromatic nitrogens is 1. The van der Waals surface area contributed by atoms with Crippen LogP contribution in [0.4, 0.5) is 5.69 Å². The summed E-state index contributed by atoms with van der Waals surface area (Å²) in [6, 6.07) is 16.0. The van der Waals surface area contributed by atoms with Crippen molar-refractivity contribution in [2.24, 2.45) is 0 Å². The summed E-state index contributed by atoms with van der Waals surface area (Å²) >= 11 is 0. The van der Waals surface area contributed by atoms with E-state index in [2.05, 4.69) is 10.5 Å². The zero-order chi connectivity index (χ0) is 16.9. The average molecular weight is 324 g/mol. The zero-order valence-corrected chi connectivity index (χ0v) is 13.3. The van der Waals surface area contributed by atoms with Gasteiger partial charge in [-0.1, -0.05) is 17.3 Å². The van der Waals surface area contributed by atoms with Crippen molar-refractivity contribution in [3.05, 3.63) is 66.1 Å². The molecule has 1 heterocycles. The van der Waals surface area contributed by atoms with Gasteiger partial charge in [-0.25, -0.2) is 0 Å². The quantitative estimate of drug-likeness (QED) is 0.767. The molecule has 0 bridgehead atoms. The Morgan fingerprint density at radius 3 is 2.42 bits per heavy atom. The minimum absolute atomic E-state index is 0.168. The highest BCUT2D eigenvalue weighted by atomic mass is 16.5. The van der Waals surface area contributed by atoms with E-state index in [1.165, 1.54) is 0 Å². The fraction of sp³-hybridized carbons (Fsp3) is 0.111. The zero-order valence-electron chi connectivity index (χ0n) is 13.3. The maximum absolute atomic E-state index is 12.0. The Balaban J connectivity index is 1.68. The van der Waals surface area contributed by atoms with E-state index in [4.69, 9.17) is 14.0 Å². The van der Waals surface area contributed by atoms with E-state index in [1.54, 1.807) is 44.4 Å². The van der Waals surface area contributed by atoms with E-state index in [9.17, 15) is 4.79 Å². The first-order chi connectivity index (χ1) is 11.7. The van der Waals surface area contributed by atoms with Gasteiger partial charge >= 0.3 is 0 Å².